The maximum atomic E-state index is 11.6. The SMILES string of the molecule is CN(C(=O)NC1CC1(C)C)C1CC1. The van der Waals surface area contributed by atoms with Crippen molar-refractivity contribution >= 4 is 6.03 Å². The van der Waals surface area contributed by atoms with Gasteiger partial charge in [0, 0.05) is 19.1 Å². The van der Waals surface area contributed by atoms with Crippen LogP contribution in [-0.4, -0.2) is 30.1 Å². The topological polar surface area (TPSA) is 32.3 Å². The molecule has 3 nitrogen and oxygen atoms in total. The number of carbonyl (C=O) groups is 1. The van der Waals surface area contributed by atoms with Gasteiger partial charge in [-0.15, -0.1) is 0 Å². The molecule has 2 amide bonds. The van der Waals surface area contributed by atoms with Crippen LogP contribution in [0.4, 0.5) is 4.79 Å². The average molecular weight is 182 g/mol. The van der Waals surface area contributed by atoms with Gasteiger partial charge in [0.1, 0.15) is 0 Å². The zero-order chi connectivity index (χ0) is 9.64. The highest BCUT2D eigenvalue weighted by Gasteiger charge is 2.47. The Balaban J connectivity index is 1.78. The van der Waals surface area contributed by atoms with Gasteiger partial charge in [-0.05, 0) is 24.7 Å². The third-order valence-electron chi connectivity index (χ3n) is 3.23. The molecule has 0 saturated heterocycles. The van der Waals surface area contributed by atoms with Crippen molar-refractivity contribution in [2.24, 2.45) is 5.41 Å². The Kier molecular flexibility index (Phi) is 1.79. The highest BCUT2D eigenvalue weighted by Crippen LogP contribution is 2.44. The first kappa shape index (κ1) is 8.85. The molecule has 0 heterocycles. The van der Waals surface area contributed by atoms with E-state index in [-0.39, 0.29) is 6.03 Å². The van der Waals surface area contributed by atoms with Crippen LogP contribution >= 0.6 is 0 Å². The number of hydrogen-bond donors (Lipinski definition) is 1. The van der Waals surface area contributed by atoms with Gasteiger partial charge in [-0.1, -0.05) is 13.8 Å². The van der Waals surface area contributed by atoms with Crippen molar-refractivity contribution in [3.05, 3.63) is 0 Å². The van der Waals surface area contributed by atoms with E-state index in [1.54, 1.807) is 0 Å². The van der Waals surface area contributed by atoms with Gasteiger partial charge in [0.2, 0.25) is 0 Å². The van der Waals surface area contributed by atoms with E-state index in [0.717, 1.165) is 6.42 Å². The molecule has 2 saturated carbocycles. The lowest BCUT2D eigenvalue weighted by Crippen LogP contribution is -2.40. The first-order chi connectivity index (χ1) is 6.00. The summed E-state index contributed by atoms with van der Waals surface area (Å²) in [5, 5.41) is 3.05. The molecule has 3 heteroatoms. The average Bonchev–Trinajstić information content (AvgIpc) is 2.88. The quantitative estimate of drug-likeness (QED) is 0.691. The third-order valence-corrected chi connectivity index (χ3v) is 3.23. The molecule has 0 spiro atoms. The Morgan fingerprint density at radius 1 is 1.46 bits per heavy atom. The van der Waals surface area contributed by atoms with Crippen molar-refractivity contribution in [2.75, 3.05) is 7.05 Å². The molecule has 2 rings (SSSR count). The van der Waals surface area contributed by atoms with Crippen molar-refractivity contribution in [1.29, 1.82) is 0 Å². The molecular formula is C10H18N2O. The zero-order valence-electron chi connectivity index (χ0n) is 8.63. The number of hydrogen-bond acceptors (Lipinski definition) is 1. The molecule has 1 atom stereocenters. The summed E-state index contributed by atoms with van der Waals surface area (Å²) in [5.74, 6) is 0. The monoisotopic (exact) mass is 182 g/mol. The lowest BCUT2D eigenvalue weighted by atomic mass is 10.2. The van der Waals surface area contributed by atoms with Crippen LogP contribution in [0.25, 0.3) is 0 Å². The predicted molar refractivity (Wildman–Crippen MR) is 51.5 cm³/mol. The fraction of sp³-hybridized carbons (Fsp3) is 0.900. The molecule has 0 radical (unpaired) electrons. The minimum absolute atomic E-state index is 0.109. The fourth-order valence-electron chi connectivity index (χ4n) is 1.59. The maximum Gasteiger partial charge on any atom is 0.317 e. The van der Waals surface area contributed by atoms with Crippen LogP contribution < -0.4 is 5.32 Å². The molecule has 1 unspecified atom stereocenters. The van der Waals surface area contributed by atoms with Gasteiger partial charge in [0.15, 0.2) is 0 Å². The summed E-state index contributed by atoms with van der Waals surface area (Å²) in [5.41, 5.74) is 0.333. The second-order valence-electron chi connectivity index (χ2n) is 5.04. The molecular weight excluding hydrogens is 164 g/mol. The summed E-state index contributed by atoms with van der Waals surface area (Å²) in [6.45, 7) is 4.38. The smallest absolute Gasteiger partial charge is 0.317 e. The molecule has 2 aliphatic carbocycles. The number of carbonyl (C=O) groups excluding carboxylic acids is 1. The van der Waals surface area contributed by atoms with E-state index in [1.165, 1.54) is 12.8 Å². The van der Waals surface area contributed by atoms with Crippen molar-refractivity contribution < 1.29 is 4.79 Å². The number of urea groups is 1. The van der Waals surface area contributed by atoms with Gasteiger partial charge >= 0.3 is 6.03 Å². The first-order valence-electron chi connectivity index (χ1n) is 5.04. The maximum absolute atomic E-state index is 11.6. The highest BCUT2D eigenvalue weighted by atomic mass is 16.2. The predicted octanol–water partition coefficient (Wildman–Crippen LogP) is 1.59. The third kappa shape index (κ3) is 1.79. The normalized spacial score (nSPS) is 29.6. The molecule has 0 bridgehead atoms. The van der Waals surface area contributed by atoms with Crippen molar-refractivity contribution in [3.63, 3.8) is 0 Å². The summed E-state index contributed by atoms with van der Waals surface area (Å²) >= 11 is 0. The van der Waals surface area contributed by atoms with Gasteiger partial charge in [0.05, 0.1) is 0 Å². The largest absolute Gasteiger partial charge is 0.335 e. The van der Waals surface area contributed by atoms with Crippen LogP contribution in [0.2, 0.25) is 0 Å². The second kappa shape index (κ2) is 2.63. The summed E-state index contributed by atoms with van der Waals surface area (Å²) < 4.78 is 0. The van der Waals surface area contributed by atoms with E-state index in [4.69, 9.17) is 0 Å². The minimum Gasteiger partial charge on any atom is -0.335 e. The number of amides is 2. The molecule has 0 aromatic carbocycles. The number of rotatable bonds is 2. The Morgan fingerprint density at radius 3 is 2.38 bits per heavy atom. The summed E-state index contributed by atoms with van der Waals surface area (Å²) in [6.07, 6.45) is 3.48. The molecule has 2 fully saturated rings. The summed E-state index contributed by atoms with van der Waals surface area (Å²) in [7, 11) is 1.89. The van der Waals surface area contributed by atoms with Gasteiger partial charge in [0.25, 0.3) is 0 Å². The zero-order valence-corrected chi connectivity index (χ0v) is 8.63. The lowest BCUT2D eigenvalue weighted by Gasteiger charge is -2.17. The van der Waals surface area contributed by atoms with Crippen molar-refractivity contribution in [1.82, 2.24) is 10.2 Å². The minimum atomic E-state index is 0.109. The molecule has 0 aromatic heterocycles. The van der Waals surface area contributed by atoms with E-state index in [0.29, 0.717) is 17.5 Å². The Hall–Kier alpha value is -0.730. The number of nitrogens with zero attached hydrogens (tertiary/aromatic N) is 1. The van der Waals surface area contributed by atoms with Crippen LogP contribution in [0.15, 0.2) is 0 Å². The van der Waals surface area contributed by atoms with E-state index in [1.807, 2.05) is 11.9 Å². The molecule has 74 valence electrons. The van der Waals surface area contributed by atoms with Crippen LogP contribution in [0, 0.1) is 5.41 Å². The van der Waals surface area contributed by atoms with E-state index in [2.05, 4.69) is 19.2 Å². The lowest BCUT2D eigenvalue weighted by molar-refractivity contribution is 0.205. The van der Waals surface area contributed by atoms with E-state index < -0.39 is 0 Å². The van der Waals surface area contributed by atoms with Crippen molar-refractivity contribution in [2.45, 2.75) is 45.2 Å². The molecule has 2 aliphatic rings. The molecule has 0 aromatic rings. The van der Waals surface area contributed by atoms with Gasteiger partial charge < -0.3 is 10.2 Å². The van der Waals surface area contributed by atoms with E-state index >= 15 is 0 Å². The van der Waals surface area contributed by atoms with Gasteiger partial charge in [-0.3, -0.25) is 0 Å². The van der Waals surface area contributed by atoms with Crippen molar-refractivity contribution in [3.8, 4) is 0 Å². The Labute approximate surface area is 79.5 Å². The van der Waals surface area contributed by atoms with Crippen LogP contribution in [-0.2, 0) is 0 Å². The summed E-state index contributed by atoms with van der Waals surface area (Å²) in [6, 6.07) is 1.03. The van der Waals surface area contributed by atoms with Gasteiger partial charge in [-0.2, -0.15) is 0 Å². The first-order valence-corrected chi connectivity index (χ1v) is 5.04. The Morgan fingerprint density at radius 2 is 2.00 bits per heavy atom. The van der Waals surface area contributed by atoms with Crippen LogP contribution in [0.5, 0.6) is 0 Å². The molecule has 13 heavy (non-hydrogen) atoms. The van der Waals surface area contributed by atoms with E-state index in [9.17, 15) is 4.79 Å². The standard InChI is InChI=1S/C10H18N2O/c1-10(2)6-8(10)11-9(13)12(3)7-4-5-7/h7-8H,4-6H2,1-3H3,(H,11,13). The van der Waals surface area contributed by atoms with Crippen LogP contribution in [0.1, 0.15) is 33.1 Å². The highest BCUT2D eigenvalue weighted by molar-refractivity contribution is 5.75. The fourth-order valence-corrected chi connectivity index (χ4v) is 1.59. The number of nitrogens with one attached hydrogen (secondary N) is 1. The van der Waals surface area contributed by atoms with Gasteiger partial charge in [-0.25, -0.2) is 4.79 Å². The second-order valence-corrected chi connectivity index (χ2v) is 5.04. The molecule has 0 aliphatic heterocycles. The van der Waals surface area contributed by atoms with Crippen LogP contribution in [0.3, 0.4) is 0 Å². The molecule has 1 N–H and O–H groups in total. The Bertz CT molecular complexity index is 233. The summed E-state index contributed by atoms with van der Waals surface area (Å²) in [4.78, 5) is 13.4.